The second-order valence-electron chi connectivity index (χ2n) is 4.23. The van der Waals surface area contributed by atoms with E-state index in [-0.39, 0.29) is 11.7 Å². The highest BCUT2D eigenvalue weighted by Crippen LogP contribution is 2.25. The molecule has 17 heavy (non-hydrogen) atoms. The molecule has 0 saturated heterocycles. The molecule has 0 amide bonds. The van der Waals surface area contributed by atoms with Crippen molar-refractivity contribution < 1.29 is 14.6 Å². The summed E-state index contributed by atoms with van der Waals surface area (Å²) in [5, 5.41) is 9.15. The van der Waals surface area contributed by atoms with Gasteiger partial charge in [0.25, 0.3) is 0 Å². The maximum absolute atomic E-state index is 11.2. The number of rotatable bonds is 6. The van der Waals surface area contributed by atoms with E-state index in [9.17, 15) is 4.79 Å². The van der Waals surface area contributed by atoms with E-state index in [0.29, 0.717) is 19.1 Å². The van der Waals surface area contributed by atoms with Crippen LogP contribution in [0.1, 0.15) is 37.3 Å². The minimum Gasteiger partial charge on any atom is -0.477 e. The van der Waals surface area contributed by atoms with Gasteiger partial charge in [0, 0.05) is 17.3 Å². The highest BCUT2D eigenvalue weighted by molar-refractivity contribution is 9.10. The van der Waals surface area contributed by atoms with Crippen LogP contribution in [-0.4, -0.2) is 28.9 Å². The molecule has 5 heteroatoms. The van der Waals surface area contributed by atoms with Gasteiger partial charge in [-0.1, -0.05) is 13.8 Å². The topological polar surface area (TPSA) is 51.5 Å². The Morgan fingerprint density at radius 2 is 2.24 bits per heavy atom. The first-order chi connectivity index (χ1) is 7.97. The summed E-state index contributed by atoms with van der Waals surface area (Å²) in [6.07, 6.45) is 1.80. The van der Waals surface area contributed by atoms with Crippen LogP contribution in [0.25, 0.3) is 0 Å². The average Bonchev–Trinajstić information content (AvgIpc) is 2.60. The maximum Gasteiger partial charge on any atom is 0.352 e. The van der Waals surface area contributed by atoms with Gasteiger partial charge in [0.2, 0.25) is 0 Å². The maximum atomic E-state index is 11.2. The molecule has 0 fully saturated rings. The molecule has 1 aromatic rings. The number of aromatic nitrogens is 1. The molecule has 4 nitrogen and oxygen atoms in total. The van der Waals surface area contributed by atoms with Gasteiger partial charge in [0.1, 0.15) is 5.69 Å². The summed E-state index contributed by atoms with van der Waals surface area (Å²) in [5.74, 6) is -0.614. The van der Waals surface area contributed by atoms with Crippen LogP contribution in [0.4, 0.5) is 0 Å². The number of halogens is 1. The summed E-state index contributed by atoms with van der Waals surface area (Å²) in [5.41, 5.74) is 0.287. The largest absolute Gasteiger partial charge is 0.477 e. The van der Waals surface area contributed by atoms with E-state index < -0.39 is 5.97 Å². The molecule has 1 heterocycles. The molecule has 1 unspecified atom stereocenters. The fourth-order valence-corrected chi connectivity index (χ4v) is 2.16. The molecular weight excluding hydrogens is 286 g/mol. The summed E-state index contributed by atoms with van der Waals surface area (Å²) in [4.78, 5) is 11.2. The Hall–Kier alpha value is -0.810. The SMILES string of the molecule is CCOCC(C(C)C)n1cc(Br)cc1C(=O)O. The number of hydrogen-bond acceptors (Lipinski definition) is 2. The van der Waals surface area contributed by atoms with Crippen LogP contribution < -0.4 is 0 Å². The van der Waals surface area contributed by atoms with Crippen LogP contribution in [0.2, 0.25) is 0 Å². The van der Waals surface area contributed by atoms with Gasteiger partial charge in [0.05, 0.1) is 12.6 Å². The Morgan fingerprint density at radius 1 is 1.59 bits per heavy atom. The summed E-state index contributed by atoms with van der Waals surface area (Å²) >= 11 is 3.31. The molecule has 0 aliphatic rings. The normalized spacial score (nSPS) is 13.0. The monoisotopic (exact) mass is 303 g/mol. The van der Waals surface area contributed by atoms with Gasteiger partial charge in [0.15, 0.2) is 0 Å². The van der Waals surface area contributed by atoms with Crippen LogP contribution in [-0.2, 0) is 4.74 Å². The number of hydrogen-bond donors (Lipinski definition) is 1. The van der Waals surface area contributed by atoms with Gasteiger partial charge in [-0.3, -0.25) is 0 Å². The van der Waals surface area contributed by atoms with Crippen molar-refractivity contribution in [2.45, 2.75) is 26.8 Å². The van der Waals surface area contributed by atoms with Gasteiger partial charge in [-0.25, -0.2) is 4.79 Å². The Morgan fingerprint density at radius 3 is 2.71 bits per heavy atom. The fraction of sp³-hybridized carbons (Fsp3) is 0.583. The Labute approximate surface area is 110 Å². The summed E-state index contributed by atoms with van der Waals surface area (Å²) in [7, 11) is 0. The molecule has 0 saturated carbocycles. The number of aromatic carboxylic acids is 1. The predicted octanol–water partition coefficient (Wildman–Crippen LogP) is 3.18. The third-order valence-corrected chi connectivity index (χ3v) is 3.09. The number of nitrogens with zero attached hydrogens (tertiary/aromatic N) is 1. The fourth-order valence-electron chi connectivity index (χ4n) is 1.72. The van der Waals surface area contributed by atoms with Crippen LogP contribution >= 0.6 is 15.9 Å². The molecule has 1 aromatic heterocycles. The zero-order valence-electron chi connectivity index (χ0n) is 10.3. The van der Waals surface area contributed by atoms with Crippen molar-refractivity contribution in [2.75, 3.05) is 13.2 Å². The van der Waals surface area contributed by atoms with Gasteiger partial charge >= 0.3 is 5.97 Å². The quantitative estimate of drug-likeness (QED) is 0.878. The van der Waals surface area contributed by atoms with Crippen molar-refractivity contribution in [3.05, 3.63) is 22.4 Å². The standard InChI is InChI=1S/C12H18BrNO3/c1-4-17-7-11(8(2)3)14-6-9(13)5-10(14)12(15)16/h5-6,8,11H,4,7H2,1-3H3,(H,15,16). The molecular formula is C12H18BrNO3. The van der Waals surface area contributed by atoms with Gasteiger partial charge < -0.3 is 14.4 Å². The number of carboxylic acids is 1. The van der Waals surface area contributed by atoms with Crippen molar-refractivity contribution in [1.29, 1.82) is 0 Å². The minimum atomic E-state index is -0.919. The lowest BCUT2D eigenvalue weighted by Crippen LogP contribution is -2.23. The minimum absolute atomic E-state index is 0.0346. The zero-order valence-corrected chi connectivity index (χ0v) is 11.9. The van der Waals surface area contributed by atoms with Gasteiger partial charge in [-0.2, -0.15) is 0 Å². The Balaban J connectivity index is 3.04. The molecule has 1 N–H and O–H groups in total. The smallest absolute Gasteiger partial charge is 0.352 e. The molecule has 0 aliphatic heterocycles. The highest BCUT2D eigenvalue weighted by atomic mass is 79.9. The molecule has 0 aromatic carbocycles. The van der Waals surface area contributed by atoms with Crippen molar-refractivity contribution in [3.8, 4) is 0 Å². The summed E-state index contributed by atoms with van der Waals surface area (Å²) in [6.45, 7) is 7.21. The second-order valence-corrected chi connectivity index (χ2v) is 5.14. The molecule has 0 spiro atoms. The van der Waals surface area contributed by atoms with E-state index in [1.54, 1.807) is 16.8 Å². The van der Waals surface area contributed by atoms with Crippen molar-refractivity contribution >= 4 is 21.9 Å². The van der Waals surface area contributed by atoms with Crippen molar-refractivity contribution in [3.63, 3.8) is 0 Å². The van der Waals surface area contributed by atoms with Crippen LogP contribution in [0.5, 0.6) is 0 Å². The molecule has 0 radical (unpaired) electrons. The lowest BCUT2D eigenvalue weighted by atomic mass is 10.1. The second kappa shape index (κ2) is 6.21. The van der Waals surface area contributed by atoms with Crippen molar-refractivity contribution in [2.24, 2.45) is 5.92 Å². The van der Waals surface area contributed by atoms with E-state index in [1.165, 1.54) is 0 Å². The molecule has 96 valence electrons. The van der Waals surface area contributed by atoms with Crippen LogP contribution in [0, 0.1) is 5.92 Å². The first-order valence-electron chi connectivity index (χ1n) is 5.65. The predicted molar refractivity (Wildman–Crippen MR) is 69.5 cm³/mol. The molecule has 0 aliphatic carbocycles. The molecule has 1 atom stereocenters. The van der Waals surface area contributed by atoms with E-state index in [4.69, 9.17) is 9.84 Å². The van der Waals surface area contributed by atoms with Crippen LogP contribution in [0.15, 0.2) is 16.7 Å². The average molecular weight is 304 g/mol. The number of carbonyl (C=O) groups is 1. The Kier molecular flexibility index (Phi) is 5.21. The Bertz CT molecular complexity index is 387. The van der Waals surface area contributed by atoms with Crippen LogP contribution in [0.3, 0.4) is 0 Å². The van der Waals surface area contributed by atoms with Gasteiger partial charge in [-0.05, 0) is 34.8 Å². The molecule has 0 bridgehead atoms. The summed E-state index contributed by atoms with van der Waals surface area (Å²) < 4.78 is 7.97. The lowest BCUT2D eigenvalue weighted by molar-refractivity contribution is 0.0659. The van der Waals surface area contributed by atoms with E-state index in [1.807, 2.05) is 6.92 Å². The lowest BCUT2D eigenvalue weighted by Gasteiger charge is -2.23. The third kappa shape index (κ3) is 3.57. The highest BCUT2D eigenvalue weighted by Gasteiger charge is 2.21. The number of carboxylic acid groups (broad SMARTS) is 1. The van der Waals surface area contributed by atoms with E-state index >= 15 is 0 Å². The first kappa shape index (κ1) is 14.3. The van der Waals surface area contributed by atoms with E-state index in [2.05, 4.69) is 29.8 Å². The third-order valence-electron chi connectivity index (χ3n) is 2.65. The van der Waals surface area contributed by atoms with E-state index in [0.717, 1.165) is 4.47 Å². The molecule has 1 rings (SSSR count). The zero-order chi connectivity index (χ0) is 13.0. The number of ether oxygens (including phenoxy) is 1. The first-order valence-corrected chi connectivity index (χ1v) is 6.45. The van der Waals surface area contributed by atoms with Gasteiger partial charge in [-0.15, -0.1) is 0 Å². The van der Waals surface area contributed by atoms with Crippen molar-refractivity contribution in [1.82, 2.24) is 4.57 Å². The summed E-state index contributed by atoms with van der Waals surface area (Å²) in [6, 6.07) is 1.65.